The van der Waals surface area contributed by atoms with Gasteiger partial charge in [-0.1, -0.05) is 0 Å². The molecule has 1 nitrogen and oxygen atoms in total. The Kier molecular flexibility index (Phi) is 1.25. The molecule has 2 rings (SSSR count). The number of hydrogen-bond acceptors (Lipinski definition) is 1. The van der Waals surface area contributed by atoms with Crippen molar-refractivity contribution in [1.82, 2.24) is 0 Å². The highest BCUT2D eigenvalue weighted by Gasteiger charge is 2.08. The van der Waals surface area contributed by atoms with Crippen molar-refractivity contribution >= 4 is 0 Å². The summed E-state index contributed by atoms with van der Waals surface area (Å²) in [6.07, 6.45) is 1.78. The molecular formula is C10H9O. The minimum atomic E-state index is 0.965. The van der Waals surface area contributed by atoms with Crippen molar-refractivity contribution in [2.24, 2.45) is 0 Å². The van der Waals surface area contributed by atoms with E-state index in [-0.39, 0.29) is 0 Å². The SMILES string of the molecule is Cc1coc(C)c2c[c]cc1-2. The molecule has 1 heterocycles. The molecule has 0 saturated carbocycles. The van der Waals surface area contributed by atoms with Crippen molar-refractivity contribution < 1.29 is 4.42 Å². The first kappa shape index (κ1) is 6.47. The van der Waals surface area contributed by atoms with E-state index in [1.165, 1.54) is 16.7 Å². The van der Waals surface area contributed by atoms with Gasteiger partial charge in [0.1, 0.15) is 5.76 Å². The summed E-state index contributed by atoms with van der Waals surface area (Å²) in [5.74, 6) is 0.965. The van der Waals surface area contributed by atoms with Crippen LogP contribution in [0.2, 0.25) is 0 Å². The predicted molar refractivity (Wildman–Crippen MR) is 43.6 cm³/mol. The highest BCUT2D eigenvalue weighted by Crippen LogP contribution is 2.28. The second kappa shape index (κ2) is 2.12. The molecule has 0 bridgehead atoms. The van der Waals surface area contributed by atoms with E-state index in [2.05, 4.69) is 6.07 Å². The minimum Gasteiger partial charge on any atom is -0.469 e. The fourth-order valence-corrected chi connectivity index (χ4v) is 1.29. The normalized spacial score (nSPS) is 10.7. The van der Waals surface area contributed by atoms with Crippen molar-refractivity contribution in [3.8, 4) is 11.1 Å². The molecule has 0 aromatic carbocycles. The van der Waals surface area contributed by atoms with E-state index in [0.29, 0.717) is 0 Å². The highest BCUT2D eigenvalue weighted by atomic mass is 16.3. The van der Waals surface area contributed by atoms with Crippen molar-refractivity contribution in [3.05, 3.63) is 35.8 Å². The van der Waals surface area contributed by atoms with Gasteiger partial charge in [0.25, 0.3) is 0 Å². The number of fused-ring (bicyclic) bond motifs is 1. The van der Waals surface area contributed by atoms with Gasteiger partial charge < -0.3 is 4.42 Å². The molecule has 1 radical (unpaired) electrons. The molecule has 0 spiro atoms. The van der Waals surface area contributed by atoms with Crippen LogP contribution in [0.4, 0.5) is 0 Å². The Balaban J connectivity index is 2.82. The average molecular weight is 145 g/mol. The molecule has 0 aromatic rings. The van der Waals surface area contributed by atoms with Crippen LogP contribution < -0.4 is 0 Å². The Hall–Kier alpha value is -1.24. The van der Waals surface area contributed by atoms with E-state index in [1.54, 1.807) is 6.26 Å². The molecule has 1 heteroatoms. The molecule has 0 atom stereocenters. The maximum atomic E-state index is 5.31. The Morgan fingerprint density at radius 1 is 1.18 bits per heavy atom. The summed E-state index contributed by atoms with van der Waals surface area (Å²) in [7, 11) is 0. The fraction of sp³-hybridized carbons (Fsp3) is 0.200. The van der Waals surface area contributed by atoms with Crippen LogP contribution in [0.1, 0.15) is 11.3 Å². The zero-order valence-corrected chi connectivity index (χ0v) is 6.64. The summed E-state index contributed by atoms with van der Waals surface area (Å²) in [5.41, 5.74) is 3.59. The van der Waals surface area contributed by atoms with Crippen LogP contribution >= 0.6 is 0 Å². The summed E-state index contributed by atoms with van der Waals surface area (Å²) >= 11 is 0. The maximum Gasteiger partial charge on any atom is 0.108 e. The quantitative estimate of drug-likeness (QED) is 0.555. The van der Waals surface area contributed by atoms with Crippen LogP contribution in [0.25, 0.3) is 11.1 Å². The monoisotopic (exact) mass is 145 g/mol. The second-order valence-electron chi connectivity index (χ2n) is 2.76. The van der Waals surface area contributed by atoms with Gasteiger partial charge in [0.15, 0.2) is 0 Å². The van der Waals surface area contributed by atoms with Crippen LogP contribution in [0.3, 0.4) is 0 Å². The third-order valence-electron chi connectivity index (χ3n) is 1.96. The van der Waals surface area contributed by atoms with Crippen molar-refractivity contribution in [2.75, 3.05) is 0 Å². The van der Waals surface area contributed by atoms with Gasteiger partial charge in [0.05, 0.1) is 6.26 Å². The summed E-state index contributed by atoms with van der Waals surface area (Å²) in [5, 5.41) is 0. The van der Waals surface area contributed by atoms with E-state index < -0.39 is 0 Å². The molecule has 0 N–H and O–H groups in total. The topological polar surface area (TPSA) is 13.1 Å². The lowest BCUT2D eigenvalue weighted by atomic mass is 10.1. The zero-order valence-electron chi connectivity index (χ0n) is 6.64. The Bertz CT molecular complexity index is 313. The van der Waals surface area contributed by atoms with Gasteiger partial charge in [-0.2, -0.15) is 0 Å². The van der Waals surface area contributed by atoms with Crippen LogP contribution in [0.5, 0.6) is 0 Å². The Morgan fingerprint density at radius 2 is 1.91 bits per heavy atom. The molecule has 0 saturated heterocycles. The zero-order chi connectivity index (χ0) is 7.84. The van der Waals surface area contributed by atoms with Crippen molar-refractivity contribution in [3.63, 3.8) is 0 Å². The highest BCUT2D eigenvalue weighted by molar-refractivity contribution is 5.70. The van der Waals surface area contributed by atoms with Crippen LogP contribution in [0.15, 0.2) is 22.8 Å². The van der Waals surface area contributed by atoms with E-state index >= 15 is 0 Å². The van der Waals surface area contributed by atoms with Gasteiger partial charge in [-0.15, -0.1) is 0 Å². The van der Waals surface area contributed by atoms with Gasteiger partial charge in [0, 0.05) is 5.56 Å². The molecular weight excluding hydrogens is 136 g/mol. The minimum absolute atomic E-state index is 0.965. The van der Waals surface area contributed by atoms with E-state index in [1.807, 2.05) is 26.0 Å². The summed E-state index contributed by atoms with van der Waals surface area (Å²) in [6, 6.07) is 7.01. The van der Waals surface area contributed by atoms with Crippen molar-refractivity contribution in [2.45, 2.75) is 13.8 Å². The molecule has 0 unspecified atom stereocenters. The Morgan fingerprint density at radius 3 is 2.64 bits per heavy atom. The summed E-state index contributed by atoms with van der Waals surface area (Å²) < 4.78 is 5.31. The first-order chi connectivity index (χ1) is 5.29. The first-order valence-electron chi connectivity index (χ1n) is 3.63. The lowest BCUT2D eigenvalue weighted by molar-refractivity contribution is 0.515. The lowest BCUT2D eigenvalue weighted by Crippen LogP contribution is -1.83. The standard InChI is InChI=1S/C10H9O/c1-7-6-11-8(2)10-5-3-4-9(7)10/h4-6H,1-2H3. The summed E-state index contributed by atoms with van der Waals surface area (Å²) in [4.78, 5) is 0. The summed E-state index contributed by atoms with van der Waals surface area (Å²) in [6.45, 7) is 4.01. The lowest BCUT2D eigenvalue weighted by Gasteiger charge is -2.04. The molecule has 55 valence electrons. The van der Waals surface area contributed by atoms with Crippen LogP contribution in [-0.2, 0) is 0 Å². The van der Waals surface area contributed by atoms with Gasteiger partial charge in [-0.3, -0.25) is 0 Å². The van der Waals surface area contributed by atoms with E-state index in [0.717, 1.165) is 5.76 Å². The molecule has 2 aliphatic rings. The molecule has 11 heavy (non-hydrogen) atoms. The van der Waals surface area contributed by atoms with Gasteiger partial charge in [-0.05, 0) is 43.2 Å². The Labute approximate surface area is 66.0 Å². The van der Waals surface area contributed by atoms with Crippen molar-refractivity contribution in [1.29, 1.82) is 0 Å². The number of rotatable bonds is 0. The predicted octanol–water partition coefficient (Wildman–Crippen LogP) is 2.80. The largest absolute Gasteiger partial charge is 0.469 e. The van der Waals surface area contributed by atoms with Crippen LogP contribution in [0, 0.1) is 19.9 Å². The smallest absolute Gasteiger partial charge is 0.108 e. The first-order valence-corrected chi connectivity index (χ1v) is 3.63. The molecule has 0 amide bonds. The number of aryl methyl sites for hydroxylation is 2. The fourth-order valence-electron chi connectivity index (χ4n) is 1.29. The number of hydrogen-bond donors (Lipinski definition) is 0. The van der Waals surface area contributed by atoms with Crippen LogP contribution in [-0.4, -0.2) is 0 Å². The van der Waals surface area contributed by atoms with E-state index in [4.69, 9.17) is 4.42 Å². The van der Waals surface area contributed by atoms with Gasteiger partial charge in [-0.25, -0.2) is 0 Å². The van der Waals surface area contributed by atoms with E-state index in [9.17, 15) is 0 Å². The van der Waals surface area contributed by atoms with Gasteiger partial charge in [0.2, 0.25) is 0 Å². The molecule has 1 aliphatic carbocycles. The van der Waals surface area contributed by atoms with Gasteiger partial charge >= 0.3 is 0 Å². The molecule has 0 fully saturated rings. The average Bonchev–Trinajstić information content (AvgIpc) is 2.45. The maximum absolute atomic E-state index is 5.31. The third kappa shape index (κ3) is 0.845. The third-order valence-corrected chi connectivity index (χ3v) is 1.96. The molecule has 1 aliphatic heterocycles. The second-order valence-corrected chi connectivity index (χ2v) is 2.76. The molecule has 0 aromatic heterocycles.